The molecule has 1 amide bonds. The van der Waals surface area contributed by atoms with Crippen LogP contribution in [-0.2, 0) is 4.79 Å². The van der Waals surface area contributed by atoms with Crippen LogP contribution in [0.4, 0.5) is 5.69 Å². The number of fused-ring (bicyclic) bond motifs is 4. The summed E-state index contributed by atoms with van der Waals surface area (Å²) in [6.07, 6.45) is -0.790. The Balaban J connectivity index is 1.42. The van der Waals surface area contributed by atoms with Crippen LogP contribution in [0.1, 0.15) is 23.3 Å². The Kier molecular flexibility index (Phi) is 3.68. The number of carbonyl (C=O) groups is 1. The SMILES string of the molecule is CN1c2ccccc2[C@@H]2[C@H](Oc3ccccc3)C(=O)N2C1c1ccc2c(c1)OCO2. The molecule has 30 heavy (non-hydrogen) atoms. The number of β-lactam (4-membered cyclic amide) rings is 1. The van der Waals surface area contributed by atoms with Crippen LogP contribution in [0.2, 0.25) is 0 Å². The number of hydrogen-bond acceptors (Lipinski definition) is 5. The molecule has 0 N–H and O–H groups in total. The van der Waals surface area contributed by atoms with E-state index in [1.165, 1.54) is 0 Å². The van der Waals surface area contributed by atoms with Crippen molar-refractivity contribution >= 4 is 11.6 Å². The zero-order valence-electron chi connectivity index (χ0n) is 16.4. The van der Waals surface area contributed by atoms with Gasteiger partial charge in [0, 0.05) is 18.3 Å². The van der Waals surface area contributed by atoms with E-state index in [9.17, 15) is 4.79 Å². The summed E-state index contributed by atoms with van der Waals surface area (Å²) in [6, 6.07) is 23.4. The third-order valence-corrected chi connectivity index (χ3v) is 6.05. The number of carbonyl (C=O) groups excluding carboxylic acids is 1. The second kappa shape index (κ2) is 6.42. The summed E-state index contributed by atoms with van der Waals surface area (Å²) in [6.45, 7) is 0.223. The van der Waals surface area contributed by atoms with Gasteiger partial charge in [-0.15, -0.1) is 0 Å². The van der Waals surface area contributed by atoms with E-state index < -0.39 is 6.10 Å². The lowest BCUT2D eigenvalue weighted by atomic mass is 9.84. The first-order valence-corrected chi connectivity index (χ1v) is 9.97. The predicted octanol–water partition coefficient (Wildman–Crippen LogP) is 3.89. The standard InChI is InChI=1S/C24H20N2O4/c1-25-18-10-6-5-9-17(18)21-22(30-16-7-3-2-4-8-16)24(27)26(21)23(25)15-11-12-19-20(13-15)29-14-28-19/h2-13,21-23H,14H2,1H3/t21-,22+,23?/m1/s1. The van der Waals surface area contributed by atoms with Crippen LogP contribution in [0.3, 0.4) is 0 Å². The van der Waals surface area contributed by atoms with Gasteiger partial charge in [-0.1, -0.05) is 42.5 Å². The molecule has 1 saturated heterocycles. The Morgan fingerprint density at radius 3 is 2.57 bits per heavy atom. The molecule has 0 spiro atoms. The molecule has 0 radical (unpaired) electrons. The number of hydrogen-bond donors (Lipinski definition) is 0. The maximum atomic E-state index is 13.3. The van der Waals surface area contributed by atoms with Crippen LogP contribution in [0.15, 0.2) is 72.8 Å². The van der Waals surface area contributed by atoms with Crippen molar-refractivity contribution in [1.82, 2.24) is 4.90 Å². The van der Waals surface area contributed by atoms with Crippen molar-refractivity contribution in [1.29, 1.82) is 0 Å². The smallest absolute Gasteiger partial charge is 0.268 e. The Labute approximate surface area is 174 Å². The molecular formula is C24H20N2O4. The van der Waals surface area contributed by atoms with Crippen molar-refractivity contribution in [2.24, 2.45) is 0 Å². The average molecular weight is 400 g/mol. The third kappa shape index (κ3) is 2.40. The number of benzene rings is 3. The first-order valence-electron chi connectivity index (χ1n) is 9.97. The molecule has 3 aromatic carbocycles. The van der Waals surface area contributed by atoms with Gasteiger partial charge in [-0.2, -0.15) is 0 Å². The van der Waals surface area contributed by atoms with Crippen LogP contribution in [0.5, 0.6) is 17.2 Å². The van der Waals surface area contributed by atoms with Crippen LogP contribution < -0.4 is 19.1 Å². The first-order chi connectivity index (χ1) is 14.7. The topological polar surface area (TPSA) is 51.2 Å². The second-order valence-corrected chi connectivity index (χ2v) is 7.70. The largest absolute Gasteiger partial charge is 0.478 e. The summed E-state index contributed by atoms with van der Waals surface area (Å²) >= 11 is 0. The van der Waals surface area contributed by atoms with Gasteiger partial charge in [0.15, 0.2) is 11.5 Å². The molecule has 3 atom stereocenters. The quantitative estimate of drug-likeness (QED) is 0.625. The number of nitrogens with zero attached hydrogens (tertiary/aromatic N) is 2. The Morgan fingerprint density at radius 2 is 1.70 bits per heavy atom. The number of rotatable bonds is 3. The van der Waals surface area contributed by atoms with Crippen molar-refractivity contribution in [2.45, 2.75) is 18.3 Å². The van der Waals surface area contributed by atoms with Gasteiger partial charge in [-0.05, 0) is 35.9 Å². The van der Waals surface area contributed by atoms with Crippen LogP contribution in [0.25, 0.3) is 0 Å². The van der Waals surface area contributed by atoms with Crippen molar-refractivity contribution in [3.05, 3.63) is 83.9 Å². The van der Waals surface area contributed by atoms with Crippen LogP contribution in [-0.4, -0.2) is 30.8 Å². The van der Waals surface area contributed by atoms with Gasteiger partial charge in [0.1, 0.15) is 18.0 Å². The molecule has 0 bridgehead atoms. The summed E-state index contributed by atoms with van der Waals surface area (Å²) in [5.41, 5.74) is 3.17. The predicted molar refractivity (Wildman–Crippen MR) is 111 cm³/mol. The molecule has 3 heterocycles. The zero-order valence-corrected chi connectivity index (χ0v) is 16.4. The van der Waals surface area contributed by atoms with Gasteiger partial charge in [0.05, 0.1) is 0 Å². The summed E-state index contributed by atoms with van der Waals surface area (Å²) < 4.78 is 17.2. The highest BCUT2D eigenvalue weighted by molar-refractivity contribution is 5.92. The highest BCUT2D eigenvalue weighted by Gasteiger charge is 2.57. The van der Waals surface area contributed by atoms with Gasteiger partial charge in [-0.3, -0.25) is 4.79 Å². The van der Waals surface area contributed by atoms with E-state index >= 15 is 0 Å². The monoisotopic (exact) mass is 400 g/mol. The Hall–Kier alpha value is -3.67. The van der Waals surface area contributed by atoms with E-state index in [4.69, 9.17) is 14.2 Å². The number of ether oxygens (including phenoxy) is 3. The molecule has 150 valence electrons. The fraction of sp³-hybridized carbons (Fsp3) is 0.208. The van der Waals surface area contributed by atoms with Crippen molar-refractivity contribution in [3.63, 3.8) is 0 Å². The lowest BCUT2D eigenvalue weighted by Crippen LogP contribution is -2.66. The minimum atomic E-state index is -0.543. The molecule has 3 aliphatic rings. The lowest BCUT2D eigenvalue weighted by molar-refractivity contribution is -0.171. The van der Waals surface area contributed by atoms with E-state index in [2.05, 4.69) is 17.0 Å². The number of amides is 1. The molecule has 6 rings (SSSR count). The molecule has 0 aromatic heterocycles. The molecule has 3 aliphatic heterocycles. The lowest BCUT2D eigenvalue weighted by Gasteiger charge is -2.57. The summed E-state index contributed by atoms with van der Waals surface area (Å²) in [5.74, 6) is 2.12. The fourth-order valence-electron chi connectivity index (χ4n) is 4.66. The van der Waals surface area contributed by atoms with Crippen molar-refractivity contribution in [2.75, 3.05) is 18.7 Å². The number of anilines is 1. The minimum absolute atomic E-state index is 0.0205. The van der Waals surface area contributed by atoms with Crippen molar-refractivity contribution < 1.29 is 19.0 Å². The molecule has 6 heteroatoms. The van der Waals surface area contributed by atoms with E-state index in [1.54, 1.807) is 0 Å². The second-order valence-electron chi connectivity index (χ2n) is 7.70. The summed E-state index contributed by atoms with van der Waals surface area (Å²) in [5, 5.41) is 0. The van der Waals surface area contributed by atoms with Gasteiger partial charge >= 0.3 is 0 Å². The van der Waals surface area contributed by atoms with Gasteiger partial charge in [0.2, 0.25) is 12.9 Å². The Morgan fingerprint density at radius 1 is 0.933 bits per heavy atom. The molecule has 1 unspecified atom stereocenters. The molecule has 0 saturated carbocycles. The minimum Gasteiger partial charge on any atom is -0.478 e. The van der Waals surface area contributed by atoms with E-state index in [0.29, 0.717) is 11.5 Å². The van der Waals surface area contributed by atoms with Crippen LogP contribution >= 0.6 is 0 Å². The average Bonchev–Trinajstić information content (AvgIpc) is 3.26. The Bertz CT molecular complexity index is 1130. The van der Waals surface area contributed by atoms with E-state index in [-0.39, 0.29) is 24.9 Å². The fourth-order valence-corrected chi connectivity index (χ4v) is 4.66. The molecule has 1 fully saturated rings. The van der Waals surface area contributed by atoms with Crippen LogP contribution in [0, 0.1) is 0 Å². The van der Waals surface area contributed by atoms with E-state index in [0.717, 1.165) is 22.6 Å². The first kappa shape index (κ1) is 17.2. The zero-order chi connectivity index (χ0) is 20.2. The molecular weight excluding hydrogens is 380 g/mol. The van der Waals surface area contributed by atoms with E-state index in [1.807, 2.05) is 72.6 Å². The highest BCUT2D eigenvalue weighted by Crippen LogP contribution is 2.52. The number of para-hydroxylation sites is 2. The van der Waals surface area contributed by atoms with Gasteiger partial charge in [-0.25, -0.2) is 0 Å². The van der Waals surface area contributed by atoms with Gasteiger partial charge in [0.25, 0.3) is 5.91 Å². The molecule has 3 aromatic rings. The van der Waals surface area contributed by atoms with Crippen molar-refractivity contribution in [3.8, 4) is 17.2 Å². The summed E-state index contributed by atoms with van der Waals surface area (Å²) in [7, 11) is 2.02. The normalized spacial score (nSPS) is 23.5. The maximum Gasteiger partial charge on any atom is 0.268 e. The summed E-state index contributed by atoms with van der Waals surface area (Å²) in [4.78, 5) is 17.3. The maximum absolute atomic E-state index is 13.3. The van der Waals surface area contributed by atoms with Gasteiger partial charge < -0.3 is 24.0 Å². The molecule has 0 aliphatic carbocycles. The molecule has 6 nitrogen and oxygen atoms in total. The highest BCUT2D eigenvalue weighted by atomic mass is 16.7. The third-order valence-electron chi connectivity index (χ3n) is 6.05.